The molecule has 0 radical (unpaired) electrons. The monoisotopic (exact) mass is 320 g/mol. The lowest BCUT2D eigenvalue weighted by atomic mass is 10.1. The SMILES string of the molecule is CC[C@H](NC(=O)c1cccc(OC(F)F)c1)c1cc(C)ccn1. The molecule has 2 rings (SSSR count). The number of pyridine rings is 1. The minimum Gasteiger partial charge on any atom is -0.435 e. The van der Waals surface area contributed by atoms with Crippen molar-refractivity contribution in [1.29, 1.82) is 0 Å². The molecule has 1 N–H and O–H groups in total. The van der Waals surface area contributed by atoms with Gasteiger partial charge in [0, 0.05) is 11.8 Å². The molecule has 6 heteroatoms. The summed E-state index contributed by atoms with van der Waals surface area (Å²) in [6.45, 7) is 0.962. The van der Waals surface area contributed by atoms with Crippen LogP contribution in [0.4, 0.5) is 8.78 Å². The van der Waals surface area contributed by atoms with Crippen LogP contribution in [0.15, 0.2) is 42.6 Å². The predicted octanol–water partition coefficient (Wildman–Crippen LogP) is 3.87. The number of carbonyl (C=O) groups excluding carboxylic acids is 1. The minimum absolute atomic E-state index is 0.0469. The first-order valence-electron chi connectivity index (χ1n) is 7.28. The van der Waals surface area contributed by atoms with Crippen molar-refractivity contribution in [1.82, 2.24) is 10.3 Å². The van der Waals surface area contributed by atoms with E-state index in [1.54, 1.807) is 12.3 Å². The van der Waals surface area contributed by atoms with Crippen molar-refractivity contribution in [3.63, 3.8) is 0 Å². The summed E-state index contributed by atoms with van der Waals surface area (Å²) in [4.78, 5) is 16.6. The second-order valence-electron chi connectivity index (χ2n) is 5.10. The van der Waals surface area contributed by atoms with Crippen LogP contribution < -0.4 is 10.1 Å². The van der Waals surface area contributed by atoms with E-state index >= 15 is 0 Å². The summed E-state index contributed by atoms with van der Waals surface area (Å²) in [7, 11) is 0. The topological polar surface area (TPSA) is 51.2 Å². The lowest BCUT2D eigenvalue weighted by molar-refractivity contribution is -0.0498. The third-order valence-electron chi connectivity index (χ3n) is 3.33. The fourth-order valence-corrected chi connectivity index (χ4v) is 2.19. The maximum Gasteiger partial charge on any atom is 0.387 e. The molecule has 0 unspecified atom stereocenters. The number of hydrogen-bond donors (Lipinski definition) is 1. The highest BCUT2D eigenvalue weighted by Crippen LogP contribution is 2.19. The summed E-state index contributed by atoms with van der Waals surface area (Å²) < 4.78 is 28.8. The van der Waals surface area contributed by atoms with Gasteiger partial charge < -0.3 is 10.1 Å². The van der Waals surface area contributed by atoms with E-state index in [0.29, 0.717) is 6.42 Å². The van der Waals surface area contributed by atoms with Gasteiger partial charge in [0.05, 0.1) is 11.7 Å². The van der Waals surface area contributed by atoms with Crippen molar-refractivity contribution in [2.75, 3.05) is 0 Å². The molecular formula is C17H18F2N2O2. The molecule has 0 fully saturated rings. The van der Waals surface area contributed by atoms with E-state index in [1.165, 1.54) is 18.2 Å². The molecule has 1 aromatic heterocycles. The Kier molecular flexibility index (Phi) is 5.62. The van der Waals surface area contributed by atoms with Gasteiger partial charge in [0.2, 0.25) is 0 Å². The minimum atomic E-state index is -2.92. The van der Waals surface area contributed by atoms with Gasteiger partial charge in [0.25, 0.3) is 5.91 Å². The molecule has 0 aliphatic carbocycles. The molecule has 0 saturated heterocycles. The average molecular weight is 320 g/mol. The fourth-order valence-electron chi connectivity index (χ4n) is 2.19. The molecular weight excluding hydrogens is 302 g/mol. The van der Waals surface area contributed by atoms with Gasteiger partial charge in [-0.15, -0.1) is 0 Å². The number of carbonyl (C=O) groups is 1. The lowest BCUT2D eigenvalue weighted by Crippen LogP contribution is -2.28. The van der Waals surface area contributed by atoms with Crippen molar-refractivity contribution in [2.24, 2.45) is 0 Å². The molecule has 1 aromatic carbocycles. The number of rotatable bonds is 6. The number of alkyl halides is 2. The van der Waals surface area contributed by atoms with Gasteiger partial charge >= 0.3 is 6.61 Å². The van der Waals surface area contributed by atoms with Gasteiger partial charge in [-0.25, -0.2) is 0 Å². The molecule has 1 atom stereocenters. The summed E-state index contributed by atoms with van der Waals surface area (Å²) in [5.74, 6) is -0.408. The van der Waals surface area contributed by atoms with Crippen LogP contribution in [0.5, 0.6) is 5.75 Å². The molecule has 122 valence electrons. The van der Waals surface area contributed by atoms with Crippen LogP contribution in [-0.4, -0.2) is 17.5 Å². The van der Waals surface area contributed by atoms with Crippen LogP contribution in [0.1, 0.15) is 41.0 Å². The number of hydrogen-bond acceptors (Lipinski definition) is 3. The smallest absolute Gasteiger partial charge is 0.387 e. The van der Waals surface area contributed by atoms with E-state index in [0.717, 1.165) is 11.3 Å². The second kappa shape index (κ2) is 7.67. The van der Waals surface area contributed by atoms with E-state index in [9.17, 15) is 13.6 Å². The highest BCUT2D eigenvalue weighted by molar-refractivity contribution is 5.94. The standard InChI is InChI=1S/C17H18F2N2O2/c1-3-14(15-9-11(2)7-8-20-15)21-16(22)12-5-4-6-13(10-12)23-17(18)19/h4-10,14,17H,3H2,1-2H3,(H,21,22)/t14-/m0/s1. The number of aromatic nitrogens is 1. The Hall–Kier alpha value is -2.50. The van der Waals surface area contributed by atoms with Crippen molar-refractivity contribution in [3.8, 4) is 5.75 Å². The number of benzene rings is 1. The Labute approximate surface area is 133 Å². The third kappa shape index (κ3) is 4.74. The molecule has 4 nitrogen and oxygen atoms in total. The van der Waals surface area contributed by atoms with Crippen molar-refractivity contribution in [3.05, 3.63) is 59.4 Å². The highest BCUT2D eigenvalue weighted by atomic mass is 19.3. The normalized spacial score (nSPS) is 12.0. The molecule has 0 saturated carbocycles. The Morgan fingerprint density at radius 3 is 2.74 bits per heavy atom. The molecule has 23 heavy (non-hydrogen) atoms. The number of ether oxygens (including phenoxy) is 1. The lowest BCUT2D eigenvalue weighted by Gasteiger charge is -2.17. The van der Waals surface area contributed by atoms with E-state index in [2.05, 4.69) is 15.0 Å². The van der Waals surface area contributed by atoms with Gasteiger partial charge in [-0.05, 0) is 49.2 Å². The molecule has 0 spiro atoms. The van der Waals surface area contributed by atoms with E-state index in [-0.39, 0.29) is 23.3 Å². The number of aryl methyl sites for hydroxylation is 1. The van der Waals surface area contributed by atoms with Gasteiger partial charge in [0.15, 0.2) is 0 Å². The first-order valence-corrected chi connectivity index (χ1v) is 7.28. The van der Waals surface area contributed by atoms with Gasteiger partial charge in [-0.3, -0.25) is 9.78 Å². The maximum atomic E-state index is 12.3. The first-order chi connectivity index (χ1) is 11.0. The highest BCUT2D eigenvalue weighted by Gasteiger charge is 2.16. The fraction of sp³-hybridized carbons (Fsp3) is 0.294. The number of halogens is 2. The predicted molar refractivity (Wildman–Crippen MR) is 82.5 cm³/mol. The molecule has 1 heterocycles. The number of nitrogens with one attached hydrogen (secondary N) is 1. The zero-order valence-corrected chi connectivity index (χ0v) is 12.9. The van der Waals surface area contributed by atoms with Crippen molar-refractivity contribution >= 4 is 5.91 Å². The quantitative estimate of drug-likeness (QED) is 0.879. The zero-order chi connectivity index (χ0) is 16.8. The first kappa shape index (κ1) is 16.9. The second-order valence-corrected chi connectivity index (χ2v) is 5.10. The van der Waals surface area contributed by atoms with Crippen LogP contribution in [-0.2, 0) is 0 Å². The zero-order valence-electron chi connectivity index (χ0n) is 12.9. The van der Waals surface area contributed by atoms with E-state index < -0.39 is 6.61 Å². The molecule has 2 aromatic rings. The summed E-state index contributed by atoms with van der Waals surface area (Å²) in [5, 5.41) is 2.86. The summed E-state index contributed by atoms with van der Waals surface area (Å²) in [5.41, 5.74) is 2.07. The largest absolute Gasteiger partial charge is 0.435 e. The molecule has 0 aliphatic rings. The van der Waals surface area contributed by atoms with E-state index in [4.69, 9.17) is 0 Å². The van der Waals surface area contributed by atoms with Crippen molar-refractivity contribution in [2.45, 2.75) is 32.9 Å². The van der Waals surface area contributed by atoms with Crippen molar-refractivity contribution < 1.29 is 18.3 Å². The summed E-state index contributed by atoms with van der Waals surface area (Å²) >= 11 is 0. The van der Waals surface area contributed by atoms with E-state index in [1.807, 2.05) is 26.0 Å². The van der Waals surface area contributed by atoms with Gasteiger partial charge in [0.1, 0.15) is 5.75 Å². The summed E-state index contributed by atoms with van der Waals surface area (Å²) in [6, 6.07) is 9.25. The Morgan fingerprint density at radius 2 is 2.09 bits per heavy atom. The molecule has 0 aliphatic heterocycles. The van der Waals surface area contributed by atoms with Crippen LogP contribution in [0.2, 0.25) is 0 Å². The summed E-state index contributed by atoms with van der Waals surface area (Å²) in [6.07, 6.45) is 2.35. The van der Waals surface area contributed by atoms with Gasteiger partial charge in [-0.1, -0.05) is 13.0 Å². The molecule has 0 bridgehead atoms. The molecule has 1 amide bonds. The third-order valence-corrected chi connectivity index (χ3v) is 3.33. The van der Waals surface area contributed by atoms with Crippen LogP contribution in [0, 0.1) is 6.92 Å². The Balaban J connectivity index is 2.13. The Bertz CT molecular complexity index is 677. The average Bonchev–Trinajstić information content (AvgIpc) is 2.52. The Morgan fingerprint density at radius 1 is 1.30 bits per heavy atom. The van der Waals surface area contributed by atoms with Crippen LogP contribution in [0.3, 0.4) is 0 Å². The van der Waals surface area contributed by atoms with Crippen LogP contribution >= 0.6 is 0 Å². The maximum absolute atomic E-state index is 12.3. The van der Waals surface area contributed by atoms with Crippen LogP contribution in [0.25, 0.3) is 0 Å². The van der Waals surface area contributed by atoms with Gasteiger partial charge in [-0.2, -0.15) is 8.78 Å². The number of nitrogens with zero attached hydrogens (tertiary/aromatic N) is 1. The number of amides is 1.